The van der Waals surface area contributed by atoms with E-state index in [1.807, 2.05) is 22.4 Å². The topological polar surface area (TPSA) is 37.4 Å². The molecule has 0 fully saturated rings. The van der Waals surface area contributed by atoms with E-state index >= 15 is 0 Å². The van der Waals surface area contributed by atoms with Gasteiger partial charge in [-0.2, -0.15) is 0 Å². The highest BCUT2D eigenvalue weighted by atomic mass is 127. The van der Waals surface area contributed by atoms with Crippen LogP contribution in [0.4, 0.5) is 0 Å². The van der Waals surface area contributed by atoms with E-state index in [2.05, 4.69) is 0 Å². The summed E-state index contributed by atoms with van der Waals surface area (Å²) in [4.78, 5) is 22.2. The van der Waals surface area contributed by atoms with Gasteiger partial charge in [0, 0.05) is 12.2 Å². The summed E-state index contributed by atoms with van der Waals surface area (Å²) in [5.74, 6) is -0.538. The Balaban J connectivity index is 2.75. The molecule has 0 aromatic carbocycles. The van der Waals surface area contributed by atoms with Crippen LogP contribution in [0.15, 0.2) is 12.2 Å². The molecule has 0 unspecified atom stereocenters. The summed E-state index contributed by atoms with van der Waals surface area (Å²) in [5.41, 5.74) is 0. The molecule has 0 saturated carbocycles. The number of nitrogens with zero attached hydrogens (tertiary/aromatic N) is 1. The van der Waals surface area contributed by atoms with Crippen molar-refractivity contribution in [1.29, 1.82) is 0 Å². The Bertz CT molecular complexity index is 173. The predicted octanol–water partition coefficient (Wildman–Crippen LogP) is -0.119. The summed E-state index contributed by atoms with van der Waals surface area (Å²) in [6, 6.07) is 0. The summed E-state index contributed by atoms with van der Waals surface area (Å²) >= 11 is 1.84. The first-order valence-electron chi connectivity index (χ1n) is 2.24. The van der Waals surface area contributed by atoms with Crippen LogP contribution >= 0.6 is 22.4 Å². The fourth-order valence-corrected chi connectivity index (χ4v) is 1.06. The molecule has 1 heterocycles. The van der Waals surface area contributed by atoms with E-state index in [1.165, 1.54) is 17.4 Å². The lowest BCUT2D eigenvalue weighted by Crippen LogP contribution is -2.30. The van der Waals surface area contributed by atoms with E-state index in [4.69, 9.17) is 0 Å². The molecule has 3 nitrogen and oxygen atoms in total. The Hall–Kier alpha value is -0.325. The van der Waals surface area contributed by atoms with Crippen molar-refractivity contribution in [3.05, 3.63) is 12.2 Å². The first-order valence-corrected chi connectivity index (χ1v) is 3.49. The minimum absolute atomic E-state index is 0.269. The van der Waals surface area contributed by atoms with Gasteiger partial charge in [0.05, 0.1) is 0 Å². The van der Waals surface area contributed by atoms with Crippen LogP contribution in [0, 0.1) is 0 Å². The van der Waals surface area contributed by atoms with Gasteiger partial charge in [-0.25, -0.2) is 0 Å². The molecule has 1 aliphatic heterocycles. The smallest absolute Gasteiger partial charge is 0.314 e. The van der Waals surface area contributed by atoms with Crippen LogP contribution in [0.25, 0.3) is 0 Å². The fraction of sp³-hybridized carbons (Fsp3) is 0. The fourth-order valence-electron chi connectivity index (χ4n) is 0.508. The number of amides is 2. The highest BCUT2D eigenvalue weighted by Gasteiger charge is 2.21. The highest BCUT2D eigenvalue weighted by Crippen LogP contribution is 2.02. The van der Waals surface area contributed by atoms with Crippen LogP contribution in [0.5, 0.6) is 0 Å². The van der Waals surface area contributed by atoms with Crippen LogP contribution in [0.3, 0.4) is 0 Å². The van der Waals surface area contributed by atoms with Gasteiger partial charge in [-0.05, 0) is 0 Å². The molecule has 0 atom stereocenters. The number of halogens is 1. The van der Waals surface area contributed by atoms with Crippen molar-refractivity contribution >= 4 is 39.5 Å². The standard InChI is InChI=1S/C4H2BINO2/c6-5-7-3(8)1-2-4(7)9/h1-2H. The number of rotatable bonds is 1. The molecule has 0 saturated heterocycles. The third-order valence-electron chi connectivity index (χ3n) is 0.941. The lowest BCUT2D eigenvalue weighted by Gasteiger charge is -2.05. The lowest BCUT2D eigenvalue weighted by atomic mass is 10.3. The van der Waals surface area contributed by atoms with Crippen LogP contribution in [-0.2, 0) is 9.59 Å². The van der Waals surface area contributed by atoms with Gasteiger partial charge in [0.1, 0.15) is 0 Å². The van der Waals surface area contributed by atoms with Gasteiger partial charge in [0.15, 0.2) is 0 Å². The second-order valence-electron chi connectivity index (χ2n) is 1.48. The van der Waals surface area contributed by atoms with Gasteiger partial charge in [-0.1, -0.05) is 0 Å². The maximum atomic E-state index is 10.6. The van der Waals surface area contributed by atoms with E-state index in [0.29, 0.717) is 0 Å². The largest absolute Gasteiger partial charge is 0.343 e. The molecular weight excluding hydrogens is 232 g/mol. The van der Waals surface area contributed by atoms with E-state index in [9.17, 15) is 9.59 Å². The van der Waals surface area contributed by atoms with Crippen LogP contribution in [-0.4, -0.2) is 21.9 Å². The predicted molar refractivity (Wildman–Crippen MR) is 40.8 cm³/mol. The van der Waals surface area contributed by atoms with Gasteiger partial charge in [-0.15, -0.1) is 22.4 Å². The first kappa shape index (κ1) is 6.79. The Morgan fingerprint density at radius 2 is 1.78 bits per heavy atom. The number of carbonyl (C=O) groups is 2. The Labute approximate surface area is 66.2 Å². The zero-order valence-electron chi connectivity index (χ0n) is 4.37. The molecular formula is C4H2BINO2. The second-order valence-corrected chi connectivity index (χ2v) is 2.03. The molecule has 0 spiro atoms. The van der Waals surface area contributed by atoms with Crippen molar-refractivity contribution in [2.75, 3.05) is 0 Å². The van der Waals surface area contributed by atoms with E-state index in [0.717, 1.165) is 4.81 Å². The maximum absolute atomic E-state index is 10.6. The molecule has 0 aromatic heterocycles. The average Bonchev–Trinajstić information content (AvgIpc) is 2.12. The summed E-state index contributed by atoms with van der Waals surface area (Å²) < 4.78 is 0. The minimum Gasteiger partial charge on any atom is -0.314 e. The number of imide groups is 1. The number of hydrogen-bond acceptors (Lipinski definition) is 2. The van der Waals surface area contributed by atoms with E-state index < -0.39 is 0 Å². The van der Waals surface area contributed by atoms with Gasteiger partial charge >= 0.3 is 5.27 Å². The number of carbonyl (C=O) groups excluding carboxylic acids is 2. The minimum atomic E-state index is -0.269. The van der Waals surface area contributed by atoms with Crippen molar-refractivity contribution in [1.82, 2.24) is 4.81 Å². The zero-order chi connectivity index (χ0) is 6.85. The SMILES string of the molecule is O=C1C=CC(=O)N1[B]I. The lowest BCUT2D eigenvalue weighted by molar-refractivity contribution is -0.131. The average molecular weight is 234 g/mol. The molecule has 1 aliphatic rings. The van der Waals surface area contributed by atoms with Crippen molar-refractivity contribution < 1.29 is 9.59 Å². The maximum Gasteiger partial charge on any atom is 0.343 e. The van der Waals surface area contributed by atoms with Gasteiger partial charge in [0.2, 0.25) is 11.8 Å². The van der Waals surface area contributed by atoms with Gasteiger partial charge in [-0.3, -0.25) is 9.59 Å². The van der Waals surface area contributed by atoms with Crippen LogP contribution in [0.1, 0.15) is 0 Å². The van der Waals surface area contributed by atoms with Crippen LogP contribution < -0.4 is 0 Å². The van der Waals surface area contributed by atoms with Crippen molar-refractivity contribution in [2.45, 2.75) is 0 Å². The quantitative estimate of drug-likeness (QED) is 0.360. The van der Waals surface area contributed by atoms with Crippen molar-refractivity contribution in [3.63, 3.8) is 0 Å². The molecule has 1 radical (unpaired) electrons. The van der Waals surface area contributed by atoms with Crippen LogP contribution in [0.2, 0.25) is 0 Å². The molecule has 9 heavy (non-hydrogen) atoms. The monoisotopic (exact) mass is 234 g/mol. The van der Waals surface area contributed by atoms with Crippen molar-refractivity contribution in [3.8, 4) is 0 Å². The summed E-state index contributed by atoms with van der Waals surface area (Å²) in [7, 11) is 0. The third kappa shape index (κ3) is 1.15. The van der Waals surface area contributed by atoms with E-state index in [-0.39, 0.29) is 11.8 Å². The second kappa shape index (κ2) is 2.51. The highest BCUT2D eigenvalue weighted by molar-refractivity contribution is 14.1. The molecule has 45 valence electrons. The van der Waals surface area contributed by atoms with E-state index in [1.54, 1.807) is 0 Å². The summed E-state index contributed by atoms with van der Waals surface area (Å²) in [6.45, 7) is 0. The Morgan fingerprint density at radius 1 is 1.33 bits per heavy atom. The molecule has 0 aromatic rings. The molecule has 0 aliphatic carbocycles. The van der Waals surface area contributed by atoms with Crippen molar-refractivity contribution in [2.24, 2.45) is 0 Å². The molecule has 0 bridgehead atoms. The molecule has 0 N–H and O–H groups in total. The molecule has 1 rings (SSSR count). The van der Waals surface area contributed by atoms with Gasteiger partial charge in [0.25, 0.3) is 0 Å². The molecule has 2 amide bonds. The molecule has 5 heteroatoms. The number of hydrogen-bond donors (Lipinski definition) is 0. The summed E-state index contributed by atoms with van der Waals surface area (Å²) in [6.07, 6.45) is 2.50. The Kier molecular flexibility index (Phi) is 1.89. The zero-order valence-corrected chi connectivity index (χ0v) is 6.53. The first-order chi connectivity index (χ1) is 4.25. The summed E-state index contributed by atoms with van der Waals surface area (Å²) in [5, 5.41) is 1.42. The third-order valence-corrected chi connectivity index (χ3v) is 1.50. The Morgan fingerprint density at radius 3 is 2.00 bits per heavy atom. The van der Waals surface area contributed by atoms with Gasteiger partial charge < -0.3 is 4.81 Å². The normalized spacial score (nSPS) is 17.2.